The third-order valence-electron chi connectivity index (χ3n) is 6.25. The van der Waals surface area contributed by atoms with Crippen LogP contribution in [0.1, 0.15) is 45.4 Å². The highest BCUT2D eigenvalue weighted by Crippen LogP contribution is 2.30. The minimum atomic E-state index is -0.498. The van der Waals surface area contributed by atoms with Crippen molar-refractivity contribution in [3.8, 4) is 11.6 Å². The molecule has 1 aliphatic heterocycles. The highest BCUT2D eigenvalue weighted by atomic mass is 35.5. The molecular weight excluding hydrogens is 419 g/mol. The predicted octanol–water partition coefficient (Wildman–Crippen LogP) is 5.07. The molecule has 1 aromatic carbocycles. The summed E-state index contributed by atoms with van der Waals surface area (Å²) in [5.74, 6) is 2.00. The molecule has 0 spiro atoms. The van der Waals surface area contributed by atoms with Gasteiger partial charge in [-0.1, -0.05) is 37.3 Å². The van der Waals surface area contributed by atoms with Gasteiger partial charge in [0.1, 0.15) is 23.7 Å². The maximum absolute atomic E-state index is 13.3. The van der Waals surface area contributed by atoms with Crippen molar-refractivity contribution >= 4 is 23.3 Å². The molecule has 1 aromatic heterocycles. The van der Waals surface area contributed by atoms with Crippen molar-refractivity contribution in [2.45, 2.75) is 51.5 Å². The highest BCUT2D eigenvalue weighted by molar-refractivity contribution is 6.30. The Morgan fingerprint density at radius 2 is 2.03 bits per heavy atom. The molecule has 6 nitrogen and oxygen atoms in total. The molecule has 1 saturated carbocycles. The molecule has 0 N–H and O–H groups in total. The first kappa shape index (κ1) is 21.8. The second-order valence-electron chi connectivity index (χ2n) is 8.46. The van der Waals surface area contributed by atoms with Crippen LogP contribution in [0.25, 0.3) is 0 Å². The van der Waals surface area contributed by atoms with Gasteiger partial charge in [0, 0.05) is 44.2 Å². The van der Waals surface area contributed by atoms with Crippen LogP contribution in [0.15, 0.2) is 30.6 Å². The number of hydrogen-bond donors (Lipinski definition) is 0. The minimum absolute atomic E-state index is 0.00525. The summed E-state index contributed by atoms with van der Waals surface area (Å²) in [5.41, 5.74) is 0. The van der Waals surface area contributed by atoms with Gasteiger partial charge in [-0.15, -0.1) is 0 Å². The van der Waals surface area contributed by atoms with Gasteiger partial charge in [0.2, 0.25) is 11.8 Å². The van der Waals surface area contributed by atoms with Crippen LogP contribution >= 0.6 is 11.6 Å². The number of hydrogen-bond acceptors (Lipinski definition) is 5. The molecule has 4 rings (SSSR count). The monoisotopic (exact) mass is 446 g/mol. The van der Waals surface area contributed by atoms with Crippen LogP contribution < -0.4 is 9.64 Å². The summed E-state index contributed by atoms with van der Waals surface area (Å²) in [6.07, 6.45) is 8.29. The Kier molecular flexibility index (Phi) is 6.90. The van der Waals surface area contributed by atoms with Gasteiger partial charge >= 0.3 is 0 Å². The van der Waals surface area contributed by atoms with E-state index in [0.29, 0.717) is 37.7 Å². The summed E-state index contributed by atoms with van der Waals surface area (Å²) in [4.78, 5) is 25.4. The number of piperazine rings is 1. The van der Waals surface area contributed by atoms with E-state index in [1.54, 1.807) is 6.07 Å². The largest absolute Gasteiger partial charge is 0.439 e. The van der Waals surface area contributed by atoms with Crippen molar-refractivity contribution in [3.63, 3.8) is 0 Å². The van der Waals surface area contributed by atoms with Gasteiger partial charge in [0.15, 0.2) is 0 Å². The minimum Gasteiger partial charge on any atom is -0.439 e. The van der Waals surface area contributed by atoms with Crippen LogP contribution in [-0.4, -0.2) is 46.5 Å². The van der Waals surface area contributed by atoms with E-state index in [1.807, 2.05) is 4.90 Å². The summed E-state index contributed by atoms with van der Waals surface area (Å²) in [5, 5.41) is -0.00525. The number of aromatic nitrogens is 2. The van der Waals surface area contributed by atoms with Crippen molar-refractivity contribution in [2.24, 2.45) is 5.92 Å². The van der Waals surface area contributed by atoms with Crippen LogP contribution in [0.4, 0.5) is 10.2 Å². The van der Waals surface area contributed by atoms with Gasteiger partial charge < -0.3 is 14.5 Å². The summed E-state index contributed by atoms with van der Waals surface area (Å²) in [6.45, 7) is 4.17. The number of anilines is 1. The average molecular weight is 447 g/mol. The van der Waals surface area contributed by atoms with Crippen LogP contribution in [0.3, 0.4) is 0 Å². The Labute approximate surface area is 187 Å². The molecule has 1 saturated heterocycles. The lowest BCUT2D eigenvalue weighted by Gasteiger charge is -2.40. The van der Waals surface area contributed by atoms with Gasteiger partial charge in [-0.25, -0.2) is 14.4 Å². The van der Waals surface area contributed by atoms with E-state index in [9.17, 15) is 9.18 Å². The Hall–Kier alpha value is -2.41. The zero-order valence-corrected chi connectivity index (χ0v) is 18.5. The molecule has 0 radical (unpaired) electrons. The molecule has 1 amide bonds. The molecular formula is C23H28ClFN4O2. The number of amides is 1. The molecule has 1 atom stereocenters. The summed E-state index contributed by atoms with van der Waals surface area (Å²) in [7, 11) is 0. The standard InChI is InChI=1S/C23H28ClFN4O2/c1-16-14-28(10-11-29(16)23(30)9-6-17-4-2-3-5-17)21-13-22(27-15-26-21)31-18-7-8-20(25)19(24)12-18/h7-8,12-13,15-17H,2-6,9-11,14H2,1H3. The van der Waals surface area contributed by atoms with Gasteiger partial charge in [0.05, 0.1) is 5.02 Å². The topological polar surface area (TPSA) is 58.6 Å². The zero-order chi connectivity index (χ0) is 21.8. The molecule has 1 unspecified atom stereocenters. The van der Waals surface area contributed by atoms with Crippen LogP contribution in [-0.2, 0) is 4.79 Å². The Bertz CT molecular complexity index is 922. The van der Waals surface area contributed by atoms with Crippen LogP contribution in [0.2, 0.25) is 5.02 Å². The normalized spacial score (nSPS) is 19.6. The molecule has 2 aromatic rings. The maximum atomic E-state index is 13.3. The number of carbonyl (C=O) groups is 1. The van der Waals surface area contributed by atoms with Gasteiger partial charge in [-0.05, 0) is 31.4 Å². The van der Waals surface area contributed by atoms with E-state index in [0.717, 1.165) is 18.2 Å². The van der Waals surface area contributed by atoms with E-state index in [4.69, 9.17) is 16.3 Å². The zero-order valence-electron chi connectivity index (χ0n) is 17.8. The third kappa shape index (κ3) is 5.45. The SMILES string of the molecule is CC1CN(c2cc(Oc3ccc(F)c(Cl)c3)ncn2)CCN1C(=O)CCC1CCCC1. The lowest BCUT2D eigenvalue weighted by Crippen LogP contribution is -2.54. The Morgan fingerprint density at radius 3 is 2.77 bits per heavy atom. The Morgan fingerprint density at radius 1 is 1.23 bits per heavy atom. The molecule has 2 aliphatic rings. The fraction of sp³-hybridized carbons (Fsp3) is 0.522. The van der Waals surface area contributed by atoms with Gasteiger partial charge in [-0.2, -0.15) is 0 Å². The van der Waals surface area contributed by atoms with E-state index < -0.39 is 5.82 Å². The molecule has 2 heterocycles. The molecule has 8 heteroatoms. The molecule has 31 heavy (non-hydrogen) atoms. The number of nitrogens with zero attached hydrogens (tertiary/aromatic N) is 4. The fourth-order valence-electron chi connectivity index (χ4n) is 4.53. The van der Waals surface area contributed by atoms with E-state index in [2.05, 4.69) is 21.8 Å². The summed E-state index contributed by atoms with van der Waals surface area (Å²) in [6, 6.07) is 6.03. The number of benzene rings is 1. The maximum Gasteiger partial charge on any atom is 0.224 e. The van der Waals surface area contributed by atoms with Crippen molar-refractivity contribution in [1.82, 2.24) is 14.9 Å². The first-order chi connectivity index (χ1) is 15.0. The van der Waals surface area contributed by atoms with Crippen molar-refractivity contribution in [3.05, 3.63) is 41.4 Å². The average Bonchev–Trinajstić information content (AvgIpc) is 3.28. The summed E-state index contributed by atoms with van der Waals surface area (Å²) < 4.78 is 19.1. The summed E-state index contributed by atoms with van der Waals surface area (Å²) >= 11 is 5.82. The molecule has 1 aliphatic carbocycles. The number of rotatable bonds is 6. The van der Waals surface area contributed by atoms with Gasteiger partial charge in [0.25, 0.3) is 0 Å². The Balaban J connectivity index is 1.34. The number of ether oxygens (including phenoxy) is 1. The second kappa shape index (κ2) is 9.81. The van der Waals surface area contributed by atoms with Crippen molar-refractivity contribution < 1.29 is 13.9 Å². The van der Waals surface area contributed by atoms with Crippen LogP contribution in [0, 0.1) is 11.7 Å². The van der Waals surface area contributed by atoms with Gasteiger partial charge in [-0.3, -0.25) is 4.79 Å². The molecule has 0 bridgehead atoms. The van der Waals surface area contributed by atoms with E-state index in [-0.39, 0.29) is 17.0 Å². The first-order valence-corrected chi connectivity index (χ1v) is 11.4. The van der Waals surface area contributed by atoms with Crippen molar-refractivity contribution in [1.29, 1.82) is 0 Å². The second-order valence-corrected chi connectivity index (χ2v) is 8.87. The smallest absolute Gasteiger partial charge is 0.224 e. The molecule has 166 valence electrons. The third-order valence-corrected chi connectivity index (χ3v) is 6.54. The first-order valence-electron chi connectivity index (χ1n) is 11.0. The highest BCUT2D eigenvalue weighted by Gasteiger charge is 2.28. The number of carbonyl (C=O) groups excluding carboxylic acids is 1. The fourth-order valence-corrected chi connectivity index (χ4v) is 4.70. The quantitative estimate of drug-likeness (QED) is 0.620. The van der Waals surface area contributed by atoms with Crippen molar-refractivity contribution in [2.75, 3.05) is 24.5 Å². The lowest BCUT2D eigenvalue weighted by molar-refractivity contribution is -0.133. The lowest BCUT2D eigenvalue weighted by atomic mass is 10.0. The predicted molar refractivity (Wildman–Crippen MR) is 118 cm³/mol. The van der Waals surface area contributed by atoms with Crippen LogP contribution in [0.5, 0.6) is 11.6 Å². The molecule has 2 fully saturated rings. The van der Waals surface area contributed by atoms with E-state index in [1.165, 1.54) is 50.2 Å². The van der Waals surface area contributed by atoms with E-state index >= 15 is 0 Å². The number of halogens is 2.